The molecule has 2 rings (SSSR count). The van der Waals surface area contributed by atoms with Crippen LogP contribution in [-0.4, -0.2) is 0 Å². The molecule has 78 valence electrons. The maximum Gasteiger partial charge on any atom is 0.0579 e. The van der Waals surface area contributed by atoms with Gasteiger partial charge < -0.3 is 11.1 Å². The Labute approximate surface area is 93.7 Å². The first-order valence-corrected chi connectivity index (χ1v) is 5.76. The minimum Gasteiger partial charge on any atom is -0.397 e. The smallest absolute Gasteiger partial charge is 0.0579 e. The standard InChI is InChI=1S/C12H14N2S/c1-9-4-5-11(13)12(7-9)14-8-10-3-2-6-15-10/h2-7,14H,8,13H2,1H3. The van der Waals surface area contributed by atoms with Gasteiger partial charge in [-0.05, 0) is 36.1 Å². The van der Waals surface area contributed by atoms with Gasteiger partial charge in [-0.1, -0.05) is 12.1 Å². The van der Waals surface area contributed by atoms with E-state index in [4.69, 9.17) is 5.73 Å². The Balaban J connectivity index is 2.07. The molecular weight excluding hydrogens is 204 g/mol. The molecule has 2 nitrogen and oxygen atoms in total. The summed E-state index contributed by atoms with van der Waals surface area (Å²) in [6.45, 7) is 2.90. The second-order valence-corrected chi connectivity index (χ2v) is 4.56. The van der Waals surface area contributed by atoms with Crippen molar-refractivity contribution in [3.8, 4) is 0 Å². The molecule has 0 aliphatic carbocycles. The minimum absolute atomic E-state index is 0.803. The molecule has 3 N–H and O–H groups in total. The molecule has 0 aliphatic heterocycles. The van der Waals surface area contributed by atoms with E-state index < -0.39 is 0 Å². The third-order valence-electron chi connectivity index (χ3n) is 2.24. The zero-order valence-electron chi connectivity index (χ0n) is 8.66. The summed E-state index contributed by atoms with van der Waals surface area (Å²) in [6.07, 6.45) is 0. The molecule has 15 heavy (non-hydrogen) atoms. The van der Waals surface area contributed by atoms with Crippen LogP contribution in [-0.2, 0) is 6.54 Å². The van der Waals surface area contributed by atoms with E-state index in [-0.39, 0.29) is 0 Å². The normalized spacial score (nSPS) is 10.2. The molecule has 0 spiro atoms. The van der Waals surface area contributed by atoms with Crippen molar-refractivity contribution in [2.75, 3.05) is 11.1 Å². The number of aryl methyl sites for hydroxylation is 1. The van der Waals surface area contributed by atoms with Gasteiger partial charge in [0.25, 0.3) is 0 Å². The fraction of sp³-hybridized carbons (Fsp3) is 0.167. The van der Waals surface area contributed by atoms with Crippen LogP contribution in [0.25, 0.3) is 0 Å². The van der Waals surface area contributed by atoms with E-state index in [0.29, 0.717) is 0 Å². The van der Waals surface area contributed by atoms with Crippen LogP contribution < -0.4 is 11.1 Å². The van der Waals surface area contributed by atoms with Gasteiger partial charge >= 0.3 is 0 Å². The predicted molar refractivity (Wildman–Crippen MR) is 67.2 cm³/mol. The van der Waals surface area contributed by atoms with E-state index >= 15 is 0 Å². The predicted octanol–water partition coefficient (Wildman–Crippen LogP) is 3.25. The van der Waals surface area contributed by atoms with Gasteiger partial charge in [-0.3, -0.25) is 0 Å². The summed E-state index contributed by atoms with van der Waals surface area (Å²) < 4.78 is 0. The Morgan fingerprint density at radius 3 is 2.93 bits per heavy atom. The number of nitrogens with two attached hydrogens (primary N) is 1. The molecule has 0 fully saturated rings. The Morgan fingerprint density at radius 2 is 2.20 bits per heavy atom. The summed E-state index contributed by atoms with van der Waals surface area (Å²) in [5, 5.41) is 5.42. The molecule has 3 heteroatoms. The quantitative estimate of drug-likeness (QED) is 0.776. The summed E-state index contributed by atoms with van der Waals surface area (Å²) in [5.74, 6) is 0. The van der Waals surface area contributed by atoms with Crippen molar-refractivity contribution in [1.82, 2.24) is 0 Å². The second-order valence-electron chi connectivity index (χ2n) is 3.52. The van der Waals surface area contributed by atoms with E-state index in [1.54, 1.807) is 11.3 Å². The highest BCUT2D eigenvalue weighted by atomic mass is 32.1. The summed E-state index contributed by atoms with van der Waals surface area (Å²) >= 11 is 1.75. The molecule has 0 bridgehead atoms. The van der Waals surface area contributed by atoms with Gasteiger partial charge in [-0.15, -0.1) is 11.3 Å². The number of nitrogens with one attached hydrogen (secondary N) is 1. The van der Waals surface area contributed by atoms with Gasteiger partial charge in [-0.2, -0.15) is 0 Å². The molecule has 0 saturated carbocycles. The summed E-state index contributed by atoms with van der Waals surface area (Å²) in [5.41, 5.74) is 8.91. The van der Waals surface area contributed by atoms with Crippen LogP contribution in [0.1, 0.15) is 10.4 Å². The molecule has 0 aliphatic rings. The molecule has 1 aromatic heterocycles. The van der Waals surface area contributed by atoms with Crippen molar-refractivity contribution in [3.63, 3.8) is 0 Å². The third kappa shape index (κ3) is 2.50. The van der Waals surface area contributed by atoms with Gasteiger partial charge in [0.1, 0.15) is 0 Å². The van der Waals surface area contributed by atoms with Crippen LogP contribution in [0.4, 0.5) is 11.4 Å². The Hall–Kier alpha value is -1.48. The Kier molecular flexibility index (Phi) is 2.92. The van der Waals surface area contributed by atoms with Crippen molar-refractivity contribution >= 4 is 22.7 Å². The zero-order chi connectivity index (χ0) is 10.7. The van der Waals surface area contributed by atoms with Gasteiger partial charge in [-0.25, -0.2) is 0 Å². The minimum atomic E-state index is 0.803. The maximum atomic E-state index is 5.87. The van der Waals surface area contributed by atoms with Crippen LogP contribution >= 0.6 is 11.3 Å². The topological polar surface area (TPSA) is 38.0 Å². The van der Waals surface area contributed by atoms with E-state index in [9.17, 15) is 0 Å². The van der Waals surface area contributed by atoms with Gasteiger partial charge in [0.15, 0.2) is 0 Å². The first kappa shape index (κ1) is 10.1. The second kappa shape index (κ2) is 4.36. The highest BCUT2D eigenvalue weighted by Gasteiger charge is 1.99. The highest BCUT2D eigenvalue weighted by molar-refractivity contribution is 7.09. The van der Waals surface area contributed by atoms with Crippen molar-refractivity contribution in [3.05, 3.63) is 46.2 Å². The molecule has 0 unspecified atom stereocenters. The lowest BCUT2D eigenvalue weighted by Crippen LogP contribution is -2.01. The average Bonchev–Trinajstić information content (AvgIpc) is 2.72. The summed E-state index contributed by atoms with van der Waals surface area (Å²) in [7, 11) is 0. The number of anilines is 2. The Morgan fingerprint density at radius 1 is 1.33 bits per heavy atom. The lowest BCUT2D eigenvalue weighted by atomic mass is 10.2. The number of benzene rings is 1. The lowest BCUT2D eigenvalue weighted by Gasteiger charge is -2.08. The first-order chi connectivity index (χ1) is 7.25. The van der Waals surface area contributed by atoms with Crippen LogP contribution in [0, 0.1) is 6.92 Å². The van der Waals surface area contributed by atoms with E-state index in [1.807, 2.05) is 12.1 Å². The SMILES string of the molecule is Cc1ccc(N)c(NCc2cccs2)c1. The lowest BCUT2D eigenvalue weighted by molar-refractivity contribution is 1.19. The number of rotatable bonds is 3. The van der Waals surface area contributed by atoms with Crippen molar-refractivity contribution in [2.24, 2.45) is 0 Å². The maximum absolute atomic E-state index is 5.87. The van der Waals surface area contributed by atoms with Gasteiger partial charge in [0.05, 0.1) is 11.4 Å². The highest BCUT2D eigenvalue weighted by Crippen LogP contribution is 2.21. The van der Waals surface area contributed by atoms with Crippen LogP contribution in [0.3, 0.4) is 0 Å². The molecule has 2 aromatic rings. The first-order valence-electron chi connectivity index (χ1n) is 4.88. The van der Waals surface area contributed by atoms with E-state index in [1.165, 1.54) is 10.4 Å². The molecule has 0 amide bonds. The number of hydrogen-bond acceptors (Lipinski definition) is 3. The van der Waals surface area contributed by atoms with Crippen molar-refractivity contribution < 1.29 is 0 Å². The van der Waals surface area contributed by atoms with Crippen molar-refractivity contribution in [2.45, 2.75) is 13.5 Å². The third-order valence-corrected chi connectivity index (χ3v) is 3.12. The number of nitrogen functional groups attached to an aromatic ring is 1. The zero-order valence-corrected chi connectivity index (χ0v) is 9.47. The largest absolute Gasteiger partial charge is 0.397 e. The van der Waals surface area contributed by atoms with E-state index in [2.05, 4.69) is 35.8 Å². The molecule has 1 heterocycles. The number of hydrogen-bond donors (Lipinski definition) is 2. The van der Waals surface area contributed by atoms with Gasteiger partial charge in [0, 0.05) is 11.4 Å². The molecule has 1 aromatic carbocycles. The fourth-order valence-electron chi connectivity index (χ4n) is 1.42. The summed E-state index contributed by atoms with van der Waals surface area (Å²) in [4.78, 5) is 1.32. The molecule has 0 atom stereocenters. The van der Waals surface area contributed by atoms with Gasteiger partial charge in [0.2, 0.25) is 0 Å². The molecular formula is C12H14N2S. The monoisotopic (exact) mass is 218 g/mol. The fourth-order valence-corrected chi connectivity index (χ4v) is 2.06. The molecule has 0 saturated heterocycles. The van der Waals surface area contributed by atoms with Crippen LogP contribution in [0.2, 0.25) is 0 Å². The summed E-state index contributed by atoms with van der Waals surface area (Å²) in [6, 6.07) is 10.2. The molecule has 0 radical (unpaired) electrons. The van der Waals surface area contributed by atoms with Crippen molar-refractivity contribution in [1.29, 1.82) is 0 Å². The van der Waals surface area contributed by atoms with E-state index in [0.717, 1.165) is 17.9 Å². The van der Waals surface area contributed by atoms with Crippen LogP contribution in [0.15, 0.2) is 35.7 Å². The van der Waals surface area contributed by atoms with Crippen LogP contribution in [0.5, 0.6) is 0 Å². The Bertz CT molecular complexity index is 435. The average molecular weight is 218 g/mol. The number of thiophene rings is 1.